The molecule has 1 aliphatic heterocycles. The largest absolute Gasteiger partial charge is 0.459 e. The molecule has 0 aliphatic carbocycles. The van der Waals surface area contributed by atoms with Gasteiger partial charge >= 0.3 is 5.97 Å². The molecule has 2 aromatic heterocycles. The molecule has 43 heavy (non-hydrogen) atoms. The summed E-state index contributed by atoms with van der Waals surface area (Å²) in [5, 5.41) is 31.4. The molecule has 16 nitrogen and oxygen atoms in total. The molecule has 5 atom stereocenters. The first kappa shape index (κ1) is 35.1. The number of H-pyrrole nitrogens is 1. The minimum Gasteiger partial charge on any atom is -0.459 e. The Balaban J connectivity index is 1.77. The summed E-state index contributed by atoms with van der Waals surface area (Å²) in [6, 6.07) is 0. The van der Waals surface area contributed by atoms with Gasteiger partial charge in [-0.1, -0.05) is 11.8 Å². The van der Waals surface area contributed by atoms with Crippen LogP contribution in [0.15, 0.2) is 15.9 Å². The van der Waals surface area contributed by atoms with Gasteiger partial charge in [0.1, 0.15) is 30.0 Å². The minimum absolute atomic E-state index is 0.0249. The zero-order chi connectivity index (χ0) is 32.4. The van der Waals surface area contributed by atoms with Gasteiger partial charge < -0.3 is 39.6 Å². The van der Waals surface area contributed by atoms with E-state index in [0.717, 1.165) is 11.8 Å². The fourth-order valence-electron chi connectivity index (χ4n) is 3.98. The Hall–Kier alpha value is -2.37. The standard InChI is InChI=1S/C25H41N6O10PS/c1-23(2,3)41-15(33)10-28-42(7,38-8-9-43-21(36)24(4,5)12-32)39-11-14-17(34)25(6,37)20(40-14)31-13-27-16-18(31)29-22(26)30-19(16)35/h13-14,17,20,32,34,37H,8-12H2,1-7H3,(H3,26,29,30,35). The summed E-state index contributed by atoms with van der Waals surface area (Å²) in [6.07, 6.45) is -2.55. The van der Waals surface area contributed by atoms with Crippen molar-refractivity contribution in [2.75, 3.05) is 44.5 Å². The van der Waals surface area contributed by atoms with E-state index in [4.69, 9.17) is 24.3 Å². The lowest BCUT2D eigenvalue weighted by atomic mass is 9.96. The fraction of sp³-hybridized carbons (Fsp3) is 0.720. The highest BCUT2D eigenvalue weighted by molar-refractivity contribution is 8.13. The number of imidazole rings is 1. The molecule has 0 saturated carbocycles. The third-order valence-electron chi connectivity index (χ3n) is 6.41. The number of aromatic amines is 1. The molecule has 3 heterocycles. The SMILES string of the molecule is CC(C)(C)OC(=O)CN=P(C)(OCCSC(=O)C(C)(C)CO)OCC1OC(n2cnc3c(=O)[nH]c(N)nc32)C(C)(O)C1O. The molecule has 0 spiro atoms. The number of anilines is 1. The van der Waals surface area contributed by atoms with Crippen LogP contribution in [0.1, 0.15) is 47.8 Å². The number of nitrogen functional groups attached to an aromatic ring is 1. The second-order valence-electron chi connectivity index (χ2n) is 12.0. The predicted molar refractivity (Wildman–Crippen MR) is 159 cm³/mol. The van der Waals surface area contributed by atoms with Crippen molar-refractivity contribution in [3.8, 4) is 0 Å². The number of nitrogens with zero attached hydrogens (tertiary/aromatic N) is 4. The van der Waals surface area contributed by atoms with Crippen LogP contribution in [0.4, 0.5) is 5.95 Å². The average Bonchev–Trinajstić information content (AvgIpc) is 3.41. The summed E-state index contributed by atoms with van der Waals surface area (Å²) in [6.45, 7) is 10.4. The van der Waals surface area contributed by atoms with Crippen LogP contribution in [-0.2, 0) is 28.1 Å². The molecule has 18 heteroatoms. The fourth-order valence-corrected chi connectivity index (χ4v) is 6.38. The van der Waals surface area contributed by atoms with Crippen molar-refractivity contribution in [3.05, 3.63) is 16.7 Å². The van der Waals surface area contributed by atoms with E-state index in [9.17, 15) is 29.7 Å². The number of nitrogens with one attached hydrogen (secondary N) is 1. The lowest BCUT2D eigenvalue weighted by Crippen LogP contribution is -2.44. The maximum Gasteiger partial charge on any atom is 0.328 e. The summed E-state index contributed by atoms with van der Waals surface area (Å²) in [5.74, 6) is -0.540. The van der Waals surface area contributed by atoms with Crippen LogP contribution >= 0.6 is 19.3 Å². The maximum absolute atomic E-state index is 12.4. The van der Waals surface area contributed by atoms with Crippen LogP contribution in [0.2, 0.25) is 0 Å². The second kappa shape index (κ2) is 13.3. The molecule has 1 fully saturated rings. The number of carbonyl (C=O) groups excluding carboxylic acids is 2. The van der Waals surface area contributed by atoms with Gasteiger partial charge in [0, 0.05) is 12.4 Å². The highest BCUT2D eigenvalue weighted by atomic mass is 32.2. The number of ether oxygens (including phenoxy) is 2. The monoisotopic (exact) mass is 648 g/mol. The van der Waals surface area contributed by atoms with Gasteiger partial charge in [0.05, 0.1) is 31.6 Å². The molecule has 6 N–H and O–H groups in total. The summed E-state index contributed by atoms with van der Waals surface area (Å²) in [5.41, 5.74) is 1.59. The maximum atomic E-state index is 12.4. The Labute approximate surface area is 252 Å². The molecular weight excluding hydrogens is 607 g/mol. The van der Waals surface area contributed by atoms with E-state index in [2.05, 4.69) is 19.7 Å². The van der Waals surface area contributed by atoms with Crippen molar-refractivity contribution < 1.29 is 43.4 Å². The normalized spacial score (nSPS) is 24.2. The Kier molecular flexibility index (Phi) is 10.9. The van der Waals surface area contributed by atoms with Gasteiger partial charge in [0.15, 0.2) is 22.5 Å². The van der Waals surface area contributed by atoms with Crippen LogP contribution in [0.25, 0.3) is 11.2 Å². The molecule has 0 amide bonds. The number of thioether (sulfide) groups is 1. The highest BCUT2D eigenvalue weighted by Crippen LogP contribution is 2.50. The summed E-state index contributed by atoms with van der Waals surface area (Å²) < 4.78 is 28.9. The molecule has 1 saturated heterocycles. The van der Waals surface area contributed by atoms with E-state index in [1.165, 1.54) is 17.8 Å². The number of hydrogen-bond donors (Lipinski definition) is 5. The quantitative estimate of drug-likeness (QED) is 0.123. The van der Waals surface area contributed by atoms with Crippen molar-refractivity contribution in [2.24, 2.45) is 10.2 Å². The number of aromatic nitrogens is 4. The number of aliphatic hydroxyl groups excluding tert-OH is 2. The first-order valence-electron chi connectivity index (χ1n) is 13.4. The lowest BCUT2D eigenvalue weighted by Gasteiger charge is -2.27. The van der Waals surface area contributed by atoms with Crippen molar-refractivity contribution in [1.29, 1.82) is 0 Å². The van der Waals surface area contributed by atoms with Crippen molar-refractivity contribution >= 4 is 47.5 Å². The third kappa shape index (κ3) is 8.63. The van der Waals surface area contributed by atoms with Crippen molar-refractivity contribution in [2.45, 2.75) is 71.2 Å². The number of carbonyl (C=O) groups is 2. The zero-order valence-corrected chi connectivity index (χ0v) is 27.0. The Bertz CT molecular complexity index is 1440. The summed E-state index contributed by atoms with van der Waals surface area (Å²) >= 11 is 0.985. The van der Waals surface area contributed by atoms with Crippen LogP contribution in [0.5, 0.6) is 0 Å². The molecule has 5 unspecified atom stereocenters. The van der Waals surface area contributed by atoms with Crippen molar-refractivity contribution in [1.82, 2.24) is 19.5 Å². The summed E-state index contributed by atoms with van der Waals surface area (Å²) in [7, 11) is -3.17. The number of esters is 1. The van der Waals surface area contributed by atoms with Gasteiger partial charge in [-0.05, 0) is 41.5 Å². The van der Waals surface area contributed by atoms with E-state index in [-0.39, 0.29) is 54.3 Å². The molecule has 0 radical (unpaired) electrons. The number of rotatable bonds is 12. The molecule has 1 aliphatic rings. The average molecular weight is 649 g/mol. The molecule has 0 bridgehead atoms. The second-order valence-corrected chi connectivity index (χ2v) is 15.4. The highest BCUT2D eigenvalue weighted by Gasteiger charge is 2.54. The molecule has 242 valence electrons. The Morgan fingerprint density at radius 1 is 1.30 bits per heavy atom. The van der Waals surface area contributed by atoms with E-state index in [0.29, 0.717) is 0 Å². The van der Waals surface area contributed by atoms with Gasteiger partial charge in [-0.25, -0.2) is 9.73 Å². The van der Waals surface area contributed by atoms with E-state index < -0.39 is 54.1 Å². The van der Waals surface area contributed by atoms with Gasteiger partial charge in [0.2, 0.25) is 13.5 Å². The molecule has 0 aromatic carbocycles. The first-order chi connectivity index (χ1) is 19.8. The van der Waals surface area contributed by atoms with Gasteiger partial charge in [0.25, 0.3) is 5.56 Å². The Morgan fingerprint density at radius 3 is 2.60 bits per heavy atom. The lowest BCUT2D eigenvalue weighted by molar-refractivity contribution is -0.152. The molecule has 3 rings (SSSR count). The summed E-state index contributed by atoms with van der Waals surface area (Å²) in [4.78, 5) is 47.4. The van der Waals surface area contributed by atoms with Gasteiger partial charge in [-0.2, -0.15) is 4.98 Å². The number of fused-ring (bicyclic) bond motifs is 1. The van der Waals surface area contributed by atoms with Crippen LogP contribution in [0.3, 0.4) is 0 Å². The van der Waals surface area contributed by atoms with Gasteiger partial charge in [-0.15, -0.1) is 0 Å². The number of nitrogens with two attached hydrogens (primary N) is 1. The smallest absolute Gasteiger partial charge is 0.328 e. The predicted octanol–water partition coefficient (Wildman–Crippen LogP) is 1.03. The van der Waals surface area contributed by atoms with Crippen LogP contribution in [0, 0.1) is 5.41 Å². The molecular formula is C25H41N6O10PS. The van der Waals surface area contributed by atoms with Crippen LogP contribution in [-0.4, -0.2) is 108 Å². The van der Waals surface area contributed by atoms with Crippen LogP contribution < -0.4 is 11.3 Å². The molecule has 2 aromatic rings. The van der Waals surface area contributed by atoms with E-state index in [1.807, 2.05) is 0 Å². The topological polar surface area (TPSA) is 234 Å². The van der Waals surface area contributed by atoms with Gasteiger partial charge in [-0.3, -0.25) is 23.9 Å². The third-order valence-corrected chi connectivity index (χ3v) is 9.54. The first-order valence-corrected chi connectivity index (χ1v) is 16.4. The van der Waals surface area contributed by atoms with E-state index >= 15 is 0 Å². The number of aliphatic hydroxyl groups is 3. The van der Waals surface area contributed by atoms with E-state index in [1.54, 1.807) is 41.3 Å². The number of hydrogen-bond acceptors (Lipinski definition) is 15. The van der Waals surface area contributed by atoms with Crippen molar-refractivity contribution in [3.63, 3.8) is 0 Å². The Morgan fingerprint density at radius 2 is 1.98 bits per heavy atom. The minimum atomic E-state index is -3.17. The zero-order valence-electron chi connectivity index (χ0n) is 25.3.